The molecule has 0 amide bonds. The number of hydrogen-bond acceptors (Lipinski definition) is 12. The van der Waals surface area contributed by atoms with Crippen molar-refractivity contribution in [1.29, 1.82) is 0 Å². The van der Waals surface area contributed by atoms with Crippen LogP contribution in [-0.4, -0.2) is 33.8 Å². The molecule has 25 aromatic rings. The summed E-state index contributed by atoms with van der Waals surface area (Å²) < 4.78 is 60.8. The Bertz CT molecular complexity index is 9820. The molecule has 9 aliphatic heterocycles. The number of para-hydroxylation sites is 19. The second kappa shape index (κ2) is 32.8. The first-order valence-corrected chi connectivity index (χ1v) is 50.8. The van der Waals surface area contributed by atoms with E-state index in [-0.39, 0.29) is 20.1 Å². The normalized spacial score (nSPS) is 13.4. The zero-order valence-corrected chi connectivity index (χ0v) is 80.3. The summed E-state index contributed by atoms with van der Waals surface area (Å²) in [5.74, 6) is 13.4. The highest BCUT2D eigenvalue weighted by Crippen LogP contribution is 2.61. The molecule has 0 unspecified atom stereocenters. The molecule has 0 N–H and O–H groups in total. The Morgan fingerprint density at radius 3 is 0.887 bits per heavy atom. The highest BCUT2D eigenvalue weighted by atomic mass is 16.5. The molecule has 3 aromatic heterocycles. The second-order valence-electron chi connectivity index (χ2n) is 39.0. The van der Waals surface area contributed by atoms with Crippen LogP contribution in [-0.2, 0) is 0 Å². The van der Waals surface area contributed by atoms with Crippen LogP contribution in [0.5, 0.6) is 92.0 Å². The first-order chi connectivity index (χ1) is 74.4. The summed E-state index contributed by atoms with van der Waals surface area (Å²) >= 11 is 0. The van der Waals surface area contributed by atoms with Gasteiger partial charge in [0.15, 0.2) is 23.0 Å². The molecule has 12 heterocycles. The molecular weight excluding hydrogens is 1840 g/mol. The Labute approximate surface area is 862 Å². The molecule has 0 bridgehead atoms. The van der Waals surface area contributed by atoms with Crippen LogP contribution >= 0.6 is 0 Å². The topological polar surface area (TPSA) is 102 Å². The van der Waals surface area contributed by atoms with Gasteiger partial charge in [-0.3, -0.25) is 0 Å². The van der Waals surface area contributed by atoms with Crippen molar-refractivity contribution in [2.24, 2.45) is 0 Å². The van der Waals surface area contributed by atoms with Crippen molar-refractivity contribution in [3.8, 4) is 109 Å². The van der Waals surface area contributed by atoms with E-state index in [4.69, 9.17) is 37.9 Å². The lowest BCUT2D eigenvalue weighted by atomic mass is 9.35. The first-order valence-electron chi connectivity index (χ1n) is 50.8. The molecule has 22 aromatic carbocycles. The number of fused-ring (bicyclic) bond motifs is 29. The predicted octanol–water partition coefficient (Wildman–Crippen LogP) is 28.9. The number of aromatic nitrogens is 3. The SMILES string of the molecule is c1ccc(N2c3ccccc3N(c3ccccc3)c3c2ccc2c4ccccc4n(-c4cc5c6c(c4)Oc4ccccc4B6c4ccccc4O5)c32)cc1.c1ccc(N2c3ccccc3Oc3c2ccc2c3c3ccccc3n2-c2cc3c4c(c2)Oc2ccccc2B4c2ccccc2O3)cc1.c1ccc(N2c3ccccc3Oc3cc4c5ccccc5n(-c5cc6c7c(c5)Oc5ccccc5B7c5ccccc5O6)c4cc32)cc1. The van der Waals surface area contributed by atoms with Crippen molar-refractivity contribution in [2.45, 2.75) is 0 Å². The van der Waals surface area contributed by atoms with Gasteiger partial charge in [-0.1, -0.05) is 273 Å². The molecule has 700 valence electrons. The fourth-order valence-corrected chi connectivity index (χ4v) is 24.8. The van der Waals surface area contributed by atoms with Crippen molar-refractivity contribution >= 4 is 203 Å². The largest absolute Gasteiger partial charge is 0.458 e. The molecule has 0 atom stereocenters. The van der Waals surface area contributed by atoms with Crippen LogP contribution in [0.15, 0.2) is 485 Å². The number of hydrogen-bond donors (Lipinski definition) is 0. The van der Waals surface area contributed by atoms with Crippen LogP contribution in [0.4, 0.5) is 68.2 Å². The van der Waals surface area contributed by atoms with Gasteiger partial charge < -0.3 is 71.2 Å². The standard InChI is InChI=1S/C48H30BN3O2.2C42H25BN2O3/c1-3-15-31(16-4-1)50-39-23-11-12-24-40(39)51(32-17-5-2-6-18-32)48-41(50)28-27-35-34-19-7-10-22-38(34)52(47(35)48)33-29-44-46-45(30-33)54-43-26-14-9-21-37(43)49(46)36-20-8-13-25-42(36)53-44;1-2-12-26(13-3-1)44-33-18-8-11-21-38(33)48-39-24-29-28-14-4-7-17-32(28)45(34(29)25-35(39)44)27-22-40-42-41(23-27)47-37-20-10-6-16-31(37)43(42)30-15-5-9-19-36(30)46-40;1-2-12-26(13-3-1)44-32-18-8-11-21-37(32)48-42-34(44)23-22-33-40(42)28-14-4-7-17-31(28)45(33)27-24-38-41-39(25-27)47-36-20-10-6-16-30(36)43(41)29-15-5-9-19-35(29)46-38/h1-30H;2*1-25H. The van der Waals surface area contributed by atoms with Crippen LogP contribution in [0, 0.1) is 0 Å². The average molecular weight is 1920 g/mol. The summed E-state index contributed by atoms with van der Waals surface area (Å²) in [7, 11) is 0. The van der Waals surface area contributed by atoms with Crippen LogP contribution in [0.2, 0.25) is 0 Å². The van der Waals surface area contributed by atoms with E-state index in [2.05, 4.69) is 446 Å². The van der Waals surface area contributed by atoms with Crippen LogP contribution < -0.4 is 107 Å². The Morgan fingerprint density at radius 1 is 0.153 bits per heavy atom. The molecular formula is C132H80B3N7O8. The van der Waals surface area contributed by atoms with Gasteiger partial charge in [0.1, 0.15) is 69.0 Å². The Kier molecular flexibility index (Phi) is 18.2. The lowest BCUT2D eigenvalue weighted by Gasteiger charge is -2.41. The molecule has 0 saturated heterocycles. The Morgan fingerprint density at radius 2 is 0.453 bits per heavy atom. The number of rotatable bonds is 7. The van der Waals surface area contributed by atoms with Gasteiger partial charge in [-0.15, -0.1) is 0 Å². The summed E-state index contributed by atoms with van der Waals surface area (Å²) in [5.41, 5.74) is 32.2. The van der Waals surface area contributed by atoms with E-state index in [0.717, 1.165) is 281 Å². The monoisotopic (exact) mass is 1920 g/mol. The summed E-state index contributed by atoms with van der Waals surface area (Å²) in [6.07, 6.45) is 0. The minimum atomic E-state index is 0.00867. The number of ether oxygens (including phenoxy) is 8. The molecule has 34 rings (SSSR count). The third-order valence-corrected chi connectivity index (χ3v) is 30.9. The summed E-state index contributed by atoms with van der Waals surface area (Å²) in [6.45, 7) is 0.0664. The van der Waals surface area contributed by atoms with Crippen LogP contribution in [0.25, 0.3) is 82.5 Å². The smallest absolute Gasteiger partial charge is 0.260 e. The molecule has 18 heteroatoms. The molecule has 9 aliphatic rings. The minimum Gasteiger partial charge on any atom is -0.458 e. The van der Waals surface area contributed by atoms with Crippen LogP contribution in [0.1, 0.15) is 0 Å². The fraction of sp³-hybridized carbons (Fsp3) is 0. The van der Waals surface area contributed by atoms with Gasteiger partial charge in [0.05, 0.1) is 101 Å². The maximum atomic E-state index is 6.83. The lowest BCUT2D eigenvalue weighted by molar-refractivity contribution is 0.463. The maximum absolute atomic E-state index is 6.83. The van der Waals surface area contributed by atoms with Crippen LogP contribution in [0.3, 0.4) is 0 Å². The van der Waals surface area contributed by atoms with Crippen molar-refractivity contribution in [3.63, 3.8) is 0 Å². The van der Waals surface area contributed by atoms with Gasteiger partial charge in [-0.05, 0) is 209 Å². The zero-order chi connectivity index (χ0) is 98.0. The summed E-state index contributed by atoms with van der Waals surface area (Å²) in [6, 6.07) is 170. The third-order valence-electron chi connectivity index (χ3n) is 30.9. The molecule has 15 nitrogen and oxygen atoms in total. The number of nitrogens with zero attached hydrogens (tertiary/aromatic N) is 7. The van der Waals surface area contributed by atoms with Gasteiger partial charge in [0.25, 0.3) is 20.1 Å². The van der Waals surface area contributed by atoms with E-state index in [1.807, 2.05) is 72.8 Å². The van der Waals surface area contributed by atoms with Gasteiger partial charge in [0, 0.05) is 102 Å². The van der Waals surface area contributed by atoms with Crippen molar-refractivity contribution < 1.29 is 37.9 Å². The lowest BCUT2D eigenvalue weighted by Crippen LogP contribution is -2.57. The van der Waals surface area contributed by atoms with Crippen molar-refractivity contribution in [1.82, 2.24) is 13.7 Å². The highest BCUT2D eigenvalue weighted by Gasteiger charge is 2.46. The molecule has 0 radical (unpaired) electrons. The van der Waals surface area contributed by atoms with E-state index in [1.54, 1.807) is 0 Å². The first kappa shape index (κ1) is 83.5. The quantitative estimate of drug-likeness (QED) is 0.142. The van der Waals surface area contributed by atoms with E-state index >= 15 is 0 Å². The third kappa shape index (κ3) is 12.5. The maximum Gasteiger partial charge on any atom is 0.260 e. The van der Waals surface area contributed by atoms with Gasteiger partial charge in [-0.2, -0.15) is 0 Å². The molecule has 0 aliphatic carbocycles. The van der Waals surface area contributed by atoms with Crippen molar-refractivity contribution in [2.75, 3.05) is 19.6 Å². The summed E-state index contributed by atoms with van der Waals surface area (Å²) in [4.78, 5) is 9.41. The zero-order valence-electron chi connectivity index (χ0n) is 80.3. The van der Waals surface area contributed by atoms with Gasteiger partial charge in [-0.25, -0.2) is 0 Å². The minimum absolute atomic E-state index is 0.00867. The fourth-order valence-electron chi connectivity index (χ4n) is 24.8. The number of anilines is 12. The highest BCUT2D eigenvalue weighted by molar-refractivity contribution is 6.99. The average Bonchev–Trinajstić information content (AvgIpc) is 1.48. The van der Waals surface area contributed by atoms with Crippen molar-refractivity contribution in [3.05, 3.63) is 485 Å². The second-order valence-corrected chi connectivity index (χ2v) is 39.0. The molecule has 0 saturated carbocycles. The van der Waals surface area contributed by atoms with Gasteiger partial charge >= 0.3 is 0 Å². The predicted molar refractivity (Wildman–Crippen MR) is 608 cm³/mol. The molecule has 0 spiro atoms. The van der Waals surface area contributed by atoms with E-state index < -0.39 is 0 Å². The Balaban J connectivity index is 0.0000000995. The molecule has 150 heavy (non-hydrogen) atoms. The van der Waals surface area contributed by atoms with E-state index in [0.29, 0.717) is 0 Å². The van der Waals surface area contributed by atoms with E-state index in [9.17, 15) is 0 Å². The summed E-state index contributed by atoms with van der Waals surface area (Å²) in [5, 5.41) is 6.76. The van der Waals surface area contributed by atoms with Gasteiger partial charge in [0.2, 0.25) is 0 Å². The molecule has 0 fully saturated rings. The van der Waals surface area contributed by atoms with E-state index in [1.165, 1.54) is 10.8 Å². The Hall–Kier alpha value is -20.0. The number of benzene rings is 22.